The molecule has 0 atom stereocenters. The molecule has 0 bridgehead atoms. The molecule has 0 aliphatic heterocycles. The molecule has 1 N–H and O–H groups in total. The van der Waals surface area contributed by atoms with Crippen molar-refractivity contribution >= 4 is 5.97 Å². The van der Waals surface area contributed by atoms with Gasteiger partial charge in [-0.1, -0.05) is 0 Å². The van der Waals surface area contributed by atoms with E-state index in [1.807, 2.05) is 0 Å². The first kappa shape index (κ1) is 22.0. The van der Waals surface area contributed by atoms with Gasteiger partial charge in [-0.25, -0.2) is 4.79 Å². The molecule has 0 heterocycles. The first-order chi connectivity index (χ1) is 13.3. The molecule has 0 unspecified atom stereocenters. The quantitative estimate of drug-likeness (QED) is 0.633. The van der Waals surface area contributed by atoms with Gasteiger partial charge in [0, 0.05) is 12.1 Å². The van der Waals surface area contributed by atoms with Crippen molar-refractivity contribution in [3.8, 4) is 28.7 Å². The fraction of sp³-hybridized carbons (Fsp3) is 0.235. The normalized spacial score (nSPS) is 11.7. The van der Waals surface area contributed by atoms with Crippen LogP contribution in [0.2, 0.25) is 0 Å². The van der Waals surface area contributed by atoms with Gasteiger partial charge in [0.15, 0.2) is 11.5 Å². The molecule has 12 heteroatoms. The second-order valence-electron chi connectivity index (χ2n) is 5.43. The molecular formula is C17H12F6O6. The Hall–Kier alpha value is -3.31. The zero-order chi connectivity index (χ0) is 22.0. The lowest BCUT2D eigenvalue weighted by atomic mass is 10.1. The highest BCUT2D eigenvalue weighted by atomic mass is 19.4. The third-order valence-corrected chi connectivity index (χ3v) is 3.31. The predicted molar refractivity (Wildman–Crippen MR) is 84.6 cm³/mol. The number of carboxylic acids is 1. The molecular weight excluding hydrogens is 414 g/mol. The third-order valence-electron chi connectivity index (χ3n) is 3.31. The lowest BCUT2D eigenvalue weighted by molar-refractivity contribution is -0.275. The maximum Gasteiger partial charge on any atom is 0.573 e. The van der Waals surface area contributed by atoms with Gasteiger partial charge in [0.25, 0.3) is 0 Å². The zero-order valence-electron chi connectivity index (χ0n) is 14.6. The van der Waals surface area contributed by atoms with Gasteiger partial charge in [-0.15, -0.1) is 26.3 Å². The van der Waals surface area contributed by atoms with Crippen LogP contribution in [0.3, 0.4) is 0 Å². The Balaban J connectivity index is 2.47. The first-order valence-corrected chi connectivity index (χ1v) is 7.54. The molecule has 0 fully saturated rings. The number of rotatable bonds is 6. The number of ether oxygens (including phenoxy) is 4. The van der Waals surface area contributed by atoms with Crippen molar-refractivity contribution in [3.05, 3.63) is 41.5 Å². The number of hydrogen-bond donors (Lipinski definition) is 1. The molecule has 2 aromatic rings. The molecule has 0 radical (unpaired) electrons. The maximum absolute atomic E-state index is 12.5. The highest BCUT2D eigenvalue weighted by Gasteiger charge is 2.33. The lowest BCUT2D eigenvalue weighted by Gasteiger charge is -2.17. The van der Waals surface area contributed by atoms with Crippen molar-refractivity contribution in [2.45, 2.75) is 19.6 Å². The SMILES string of the molecule is COc1cc(OC(F)(F)F)ccc1Oc1cc(OC(F)(F)F)cc(C)c1C(=O)O. The molecule has 0 aromatic heterocycles. The number of hydrogen-bond acceptors (Lipinski definition) is 5. The summed E-state index contributed by atoms with van der Waals surface area (Å²) in [4.78, 5) is 11.5. The van der Waals surface area contributed by atoms with Gasteiger partial charge in [0.1, 0.15) is 22.8 Å². The summed E-state index contributed by atoms with van der Waals surface area (Å²) < 4.78 is 92.1. The van der Waals surface area contributed by atoms with E-state index >= 15 is 0 Å². The molecule has 0 aliphatic rings. The molecule has 0 aliphatic carbocycles. The standard InChI is InChI=1S/C17H12F6O6/c1-8-5-10(29-17(21,22)23)7-13(14(8)15(24)25)27-11-4-3-9(6-12(11)26-2)28-16(18,19)20/h3-7H,1-2H3,(H,24,25). The number of alkyl halides is 6. The fourth-order valence-corrected chi connectivity index (χ4v) is 2.32. The monoisotopic (exact) mass is 426 g/mol. The number of benzene rings is 2. The van der Waals surface area contributed by atoms with Crippen LogP contribution in [0.15, 0.2) is 30.3 Å². The molecule has 2 rings (SSSR count). The fourth-order valence-electron chi connectivity index (χ4n) is 2.32. The Morgan fingerprint density at radius 1 is 0.862 bits per heavy atom. The van der Waals surface area contributed by atoms with E-state index in [9.17, 15) is 36.2 Å². The van der Waals surface area contributed by atoms with E-state index < -0.39 is 41.5 Å². The summed E-state index contributed by atoms with van der Waals surface area (Å²) >= 11 is 0. The van der Waals surface area contributed by atoms with E-state index in [0.29, 0.717) is 6.07 Å². The molecule has 158 valence electrons. The Kier molecular flexibility index (Phi) is 6.04. The highest BCUT2D eigenvalue weighted by Crippen LogP contribution is 2.40. The van der Waals surface area contributed by atoms with Crippen LogP contribution >= 0.6 is 0 Å². The van der Waals surface area contributed by atoms with Gasteiger partial charge in [0.05, 0.1) is 7.11 Å². The van der Waals surface area contributed by atoms with E-state index in [1.165, 1.54) is 6.92 Å². The van der Waals surface area contributed by atoms with Crippen molar-refractivity contribution < 1.29 is 55.2 Å². The number of methoxy groups -OCH3 is 1. The summed E-state index contributed by atoms with van der Waals surface area (Å²) in [5.74, 6) is -4.00. The molecule has 6 nitrogen and oxygen atoms in total. The molecule has 0 spiro atoms. The van der Waals surface area contributed by atoms with E-state index in [4.69, 9.17) is 9.47 Å². The predicted octanol–water partition coefficient (Wildman–Crippen LogP) is 5.29. The van der Waals surface area contributed by atoms with E-state index in [1.54, 1.807) is 0 Å². The number of carbonyl (C=O) groups is 1. The molecule has 2 aromatic carbocycles. The maximum atomic E-state index is 12.5. The van der Waals surface area contributed by atoms with Crippen LogP contribution < -0.4 is 18.9 Å². The van der Waals surface area contributed by atoms with E-state index in [0.717, 1.165) is 31.4 Å². The second-order valence-corrected chi connectivity index (χ2v) is 5.43. The molecule has 0 saturated heterocycles. The van der Waals surface area contributed by atoms with Crippen LogP contribution in [0, 0.1) is 6.92 Å². The Bertz CT molecular complexity index is 907. The van der Waals surface area contributed by atoms with Crippen LogP contribution in [-0.2, 0) is 0 Å². The van der Waals surface area contributed by atoms with Crippen molar-refractivity contribution in [1.82, 2.24) is 0 Å². The molecule has 0 saturated carbocycles. The third kappa shape index (κ3) is 6.09. The average Bonchev–Trinajstić information content (AvgIpc) is 2.52. The van der Waals surface area contributed by atoms with Crippen molar-refractivity contribution in [3.63, 3.8) is 0 Å². The van der Waals surface area contributed by atoms with Gasteiger partial charge in [0.2, 0.25) is 0 Å². The summed E-state index contributed by atoms with van der Waals surface area (Å²) in [6.07, 6.45) is -10.0. The van der Waals surface area contributed by atoms with E-state index in [2.05, 4.69) is 9.47 Å². The zero-order valence-corrected chi connectivity index (χ0v) is 14.6. The number of halogens is 6. The first-order valence-electron chi connectivity index (χ1n) is 7.54. The molecule has 29 heavy (non-hydrogen) atoms. The largest absolute Gasteiger partial charge is 0.573 e. The minimum Gasteiger partial charge on any atom is -0.493 e. The Morgan fingerprint density at radius 2 is 1.41 bits per heavy atom. The summed E-state index contributed by atoms with van der Waals surface area (Å²) in [5, 5.41) is 9.33. The van der Waals surface area contributed by atoms with Crippen LogP contribution in [0.4, 0.5) is 26.3 Å². The van der Waals surface area contributed by atoms with Crippen LogP contribution in [0.1, 0.15) is 15.9 Å². The average molecular weight is 426 g/mol. The van der Waals surface area contributed by atoms with Gasteiger partial charge in [-0.05, 0) is 30.7 Å². The summed E-state index contributed by atoms with van der Waals surface area (Å²) in [5.41, 5.74) is -0.581. The van der Waals surface area contributed by atoms with Crippen molar-refractivity contribution in [2.24, 2.45) is 0 Å². The topological polar surface area (TPSA) is 74.2 Å². The number of aryl methyl sites for hydroxylation is 1. The van der Waals surface area contributed by atoms with Gasteiger partial charge < -0.3 is 24.1 Å². The van der Waals surface area contributed by atoms with Gasteiger partial charge in [-0.2, -0.15) is 0 Å². The minimum atomic E-state index is -5.04. The van der Waals surface area contributed by atoms with Crippen LogP contribution in [0.5, 0.6) is 28.7 Å². The summed E-state index contributed by atoms with van der Waals surface area (Å²) in [7, 11) is 1.09. The number of carboxylic acid groups (broad SMARTS) is 1. The minimum absolute atomic E-state index is 0.106. The Morgan fingerprint density at radius 3 is 1.93 bits per heavy atom. The van der Waals surface area contributed by atoms with Crippen molar-refractivity contribution in [1.29, 1.82) is 0 Å². The molecule has 0 amide bonds. The van der Waals surface area contributed by atoms with Gasteiger partial charge in [-0.3, -0.25) is 0 Å². The smallest absolute Gasteiger partial charge is 0.493 e. The summed E-state index contributed by atoms with van der Waals surface area (Å²) in [6, 6.07) is 4.17. The number of aromatic carboxylic acids is 1. The lowest BCUT2D eigenvalue weighted by Crippen LogP contribution is -2.17. The Labute approximate surface area is 159 Å². The summed E-state index contributed by atoms with van der Waals surface area (Å²) in [6.45, 7) is 1.22. The highest BCUT2D eigenvalue weighted by molar-refractivity contribution is 5.93. The van der Waals surface area contributed by atoms with E-state index in [-0.39, 0.29) is 17.1 Å². The van der Waals surface area contributed by atoms with Crippen LogP contribution in [0.25, 0.3) is 0 Å². The van der Waals surface area contributed by atoms with Gasteiger partial charge >= 0.3 is 18.7 Å². The van der Waals surface area contributed by atoms with Crippen molar-refractivity contribution in [2.75, 3.05) is 7.11 Å². The van der Waals surface area contributed by atoms with Crippen LogP contribution in [-0.4, -0.2) is 30.9 Å². The second kappa shape index (κ2) is 7.97.